The van der Waals surface area contributed by atoms with Gasteiger partial charge in [0.25, 0.3) is 11.2 Å². The number of aromatic amines is 1. The molecule has 2 heterocycles. The summed E-state index contributed by atoms with van der Waals surface area (Å²) < 4.78 is 1.89. The predicted octanol–water partition coefficient (Wildman–Crippen LogP) is 3.11. The van der Waals surface area contributed by atoms with E-state index in [0.717, 1.165) is 10.9 Å². The summed E-state index contributed by atoms with van der Waals surface area (Å²) in [5, 5.41) is 11.9. The SMILES string of the molecule is Cc1cccc2nc(-c3cn(CCCN)c4cc([N+](=O)[O-])ccc34)c(=O)[nH]c12. The first-order valence-electron chi connectivity index (χ1n) is 8.97. The van der Waals surface area contributed by atoms with Crippen molar-refractivity contribution in [2.75, 3.05) is 6.54 Å². The van der Waals surface area contributed by atoms with Crippen molar-refractivity contribution in [3.05, 3.63) is 68.6 Å². The summed E-state index contributed by atoms with van der Waals surface area (Å²) in [6.45, 7) is 3.01. The monoisotopic (exact) mass is 377 g/mol. The molecular weight excluding hydrogens is 358 g/mol. The van der Waals surface area contributed by atoms with Crippen molar-refractivity contribution < 1.29 is 4.92 Å². The van der Waals surface area contributed by atoms with Gasteiger partial charge in [0.05, 0.1) is 21.5 Å². The largest absolute Gasteiger partial charge is 0.347 e. The third-order valence-corrected chi connectivity index (χ3v) is 4.87. The number of hydrogen-bond donors (Lipinski definition) is 2. The lowest BCUT2D eigenvalue weighted by Crippen LogP contribution is -2.12. The number of nitro groups is 1. The molecular formula is C20H19N5O3. The molecule has 0 saturated heterocycles. The van der Waals surface area contributed by atoms with Crippen LogP contribution in [0.1, 0.15) is 12.0 Å². The molecule has 8 nitrogen and oxygen atoms in total. The van der Waals surface area contributed by atoms with Crippen LogP contribution in [0, 0.1) is 17.0 Å². The van der Waals surface area contributed by atoms with E-state index in [1.807, 2.05) is 35.9 Å². The molecule has 0 unspecified atom stereocenters. The molecule has 0 atom stereocenters. The number of aromatic nitrogens is 3. The summed E-state index contributed by atoms with van der Waals surface area (Å²) in [5.74, 6) is 0. The zero-order valence-electron chi connectivity index (χ0n) is 15.3. The standard InChI is InChI=1S/C20H19N5O3/c1-12-4-2-5-16-18(12)23-20(26)19(22-16)15-11-24(9-3-8-21)17-10-13(25(27)28)6-7-14(15)17/h2,4-7,10-11H,3,8-9,21H2,1H3,(H,23,26). The van der Waals surface area contributed by atoms with Gasteiger partial charge in [-0.05, 0) is 37.6 Å². The molecule has 2 aromatic carbocycles. The molecule has 0 aliphatic heterocycles. The van der Waals surface area contributed by atoms with Crippen LogP contribution < -0.4 is 11.3 Å². The third-order valence-electron chi connectivity index (χ3n) is 4.87. The molecule has 0 aliphatic carbocycles. The van der Waals surface area contributed by atoms with E-state index in [-0.39, 0.29) is 11.2 Å². The minimum absolute atomic E-state index is 0.00199. The minimum Gasteiger partial charge on any atom is -0.347 e. The Kier molecular flexibility index (Phi) is 4.40. The second kappa shape index (κ2) is 6.90. The zero-order chi connectivity index (χ0) is 19.8. The number of rotatable bonds is 5. The molecule has 142 valence electrons. The smallest absolute Gasteiger partial charge is 0.275 e. The molecule has 3 N–H and O–H groups in total. The Labute approximate surface area is 159 Å². The summed E-state index contributed by atoms with van der Waals surface area (Å²) in [6.07, 6.45) is 2.54. The number of nitrogens with one attached hydrogen (secondary N) is 1. The van der Waals surface area contributed by atoms with Gasteiger partial charge in [-0.15, -0.1) is 0 Å². The van der Waals surface area contributed by atoms with Gasteiger partial charge in [-0.25, -0.2) is 4.98 Å². The third kappa shape index (κ3) is 2.93. The summed E-state index contributed by atoms with van der Waals surface area (Å²) in [4.78, 5) is 31.0. The maximum absolute atomic E-state index is 12.8. The highest BCUT2D eigenvalue weighted by Gasteiger charge is 2.18. The van der Waals surface area contributed by atoms with Gasteiger partial charge in [-0.2, -0.15) is 0 Å². The first kappa shape index (κ1) is 17.9. The van der Waals surface area contributed by atoms with E-state index in [0.29, 0.717) is 47.3 Å². The van der Waals surface area contributed by atoms with E-state index < -0.39 is 4.92 Å². The first-order chi connectivity index (χ1) is 13.5. The average molecular weight is 377 g/mol. The minimum atomic E-state index is -0.427. The van der Waals surface area contributed by atoms with Crippen LogP contribution in [-0.4, -0.2) is 26.0 Å². The topological polar surface area (TPSA) is 120 Å². The number of nitrogens with zero attached hydrogens (tertiary/aromatic N) is 3. The Morgan fingerprint density at radius 3 is 2.86 bits per heavy atom. The maximum atomic E-state index is 12.8. The number of hydrogen-bond acceptors (Lipinski definition) is 5. The average Bonchev–Trinajstić information content (AvgIpc) is 3.04. The Balaban J connectivity index is 1.98. The lowest BCUT2D eigenvalue weighted by molar-refractivity contribution is -0.384. The molecule has 0 aliphatic rings. The van der Waals surface area contributed by atoms with E-state index in [9.17, 15) is 14.9 Å². The second-order valence-corrected chi connectivity index (χ2v) is 6.72. The molecule has 0 radical (unpaired) electrons. The normalized spacial score (nSPS) is 11.4. The van der Waals surface area contributed by atoms with Crippen LogP contribution in [0.25, 0.3) is 33.2 Å². The Morgan fingerprint density at radius 1 is 1.29 bits per heavy atom. The number of aryl methyl sites for hydroxylation is 2. The molecule has 8 heteroatoms. The molecule has 4 rings (SSSR count). The van der Waals surface area contributed by atoms with Crippen LogP contribution in [0.4, 0.5) is 5.69 Å². The molecule has 0 bridgehead atoms. The van der Waals surface area contributed by atoms with E-state index in [4.69, 9.17) is 5.73 Å². The van der Waals surface area contributed by atoms with Gasteiger partial charge < -0.3 is 15.3 Å². The van der Waals surface area contributed by atoms with Crippen molar-refractivity contribution in [1.82, 2.24) is 14.5 Å². The van der Waals surface area contributed by atoms with Gasteiger partial charge in [0, 0.05) is 35.8 Å². The number of nitrogens with two attached hydrogens (primary N) is 1. The summed E-state index contributed by atoms with van der Waals surface area (Å²) in [6, 6.07) is 10.3. The number of para-hydroxylation sites is 1. The Bertz CT molecular complexity index is 1270. The van der Waals surface area contributed by atoms with E-state index in [1.165, 1.54) is 12.1 Å². The lowest BCUT2D eigenvalue weighted by atomic mass is 10.1. The molecule has 0 amide bonds. The van der Waals surface area contributed by atoms with Crippen LogP contribution in [0.15, 0.2) is 47.4 Å². The summed E-state index contributed by atoms with van der Waals surface area (Å²) >= 11 is 0. The molecule has 0 spiro atoms. The number of benzene rings is 2. The van der Waals surface area contributed by atoms with E-state index in [2.05, 4.69) is 9.97 Å². The van der Waals surface area contributed by atoms with Gasteiger partial charge in [0.15, 0.2) is 0 Å². The van der Waals surface area contributed by atoms with E-state index in [1.54, 1.807) is 6.07 Å². The van der Waals surface area contributed by atoms with Crippen molar-refractivity contribution in [1.29, 1.82) is 0 Å². The second-order valence-electron chi connectivity index (χ2n) is 6.72. The lowest BCUT2D eigenvalue weighted by Gasteiger charge is -2.04. The predicted molar refractivity (Wildman–Crippen MR) is 108 cm³/mol. The number of non-ortho nitro benzene ring substituents is 1. The first-order valence-corrected chi connectivity index (χ1v) is 8.97. The van der Waals surface area contributed by atoms with Gasteiger partial charge in [0.1, 0.15) is 5.69 Å². The van der Waals surface area contributed by atoms with Gasteiger partial charge in [-0.1, -0.05) is 12.1 Å². The van der Waals surface area contributed by atoms with Crippen molar-refractivity contribution in [3.8, 4) is 11.3 Å². The highest BCUT2D eigenvalue weighted by atomic mass is 16.6. The maximum Gasteiger partial charge on any atom is 0.275 e. The fourth-order valence-electron chi connectivity index (χ4n) is 3.46. The number of H-pyrrole nitrogens is 1. The van der Waals surface area contributed by atoms with Crippen LogP contribution in [-0.2, 0) is 6.54 Å². The van der Waals surface area contributed by atoms with Gasteiger partial charge in [-0.3, -0.25) is 14.9 Å². The van der Waals surface area contributed by atoms with Crippen molar-refractivity contribution in [2.24, 2.45) is 5.73 Å². The molecule has 0 saturated carbocycles. The van der Waals surface area contributed by atoms with E-state index >= 15 is 0 Å². The van der Waals surface area contributed by atoms with Crippen molar-refractivity contribution >= 4 is 27.6 Å². The summed E-state index contributed by atoms with van der Waals surface area (Å²) in [5.41, 5.74) is 9.30. The molecule has 0 fully saturated rings. The molecule has 4 aromatic rings. The zero-order valence-corrected chi connectivity index (χ0v) is 15.3. The molecule has 28 heavy (non-hydrogen) atoms. The fourth-order valence-corrected chi connectivity index (χ4v) is 3.46. The highest BCUT2D eigenvalue weighted by Crippen LogP contribution is 2.31. The van der Waals surface area contributed by atoms with Crippen molar-refractivity contribution in [3.63, 3.8) is 0 Å². The van der Waals surface area contributed by atoms with Crippen LogP contribution in [0.2, 0.25) is 0 Å². The highest BCUT2D eigenvalue weighted by molar-refractivity contribution is 5.97. The number of fused-ring (bicyclic) bond motifs is 2. The fraction of sp³-hybridized carbons (Fsp3) is 0.200. The Morgan fingerprint density at radius 2 is 2.11 bits per heavy atom. The van der Waals surface area contributed by atoms with Crippen LogP contribution >= 0.6 is 0 Å². The van der Waals surface area contributed by atoms with Crippen LogP contribution in [0.3, 0.4) is 0 Å². The summed E-state index contributed by atoms with van der Waals surface area (Å²) in [7, 11) is 0. The quantitative estimate of drug-likeness (QED) is 0.409. The van der Waals surface area contributed by atoms with Gasteiger partial charge in [0.2, 0.25) is 0 Å². The van der Waals surface area contributed by atoms with Gasteiger partial charge >= 0.3 is 0 Å². The van der Waals surface area contributed by atoms with Crippen LogP contribution in [0.5, 0.6) is 0 Å². The molecule has 2 aromatic heterocycles. The number of nitro benzene ring substituents is 1. The Hall–Kier alpha value is -3.52. The van der Waals surface area contributed by atoms with Crippen molar-refractivity contribution in [2.45, 2.75) is 19.9 Å².